The van der Waals surface area contributed by atoms with E-state index in [9.17, 15) is 0 Å². The minimum atomic E-state index is 0. The van der Waals surface area contributed by atoms with Crippen LogP contribution < -0.4 is 15.5 Å². The molecule has 31 heavy (non-hydrogen) atoms. The van der Waals surface area contributed by atoms with Gasteiger partial charge in [-0.1, -0.05) is 42.5 Å². The fraction of sp³-hybridized carbons (Fsp3) is 0.458. The Morgan fingerprint density at radius 3 is 2.29 bits per heavy atom. The summed E-state index contributed by atoms with van der Waals surface area (Å²) in [5, 5.41) is 6.79. The Bertz CT molecular complexity index is 794. The summed E-state index contributed by atoms with van der Waals surface area (Å²) < 4.78 is 5.20. The van der Waals surface area contributed by atoms with Gasteiger partial charge in [0, 0.05) is 65.2 Å². The average Bonchev–Trinajstić information content (AvgIpc) is 2.79. The highest BCUT2D eigenvalue weighted by Crippen LogP contribution is 2.18. The van der Waals surface area contributed by atoms with Crippen LogP contribution in [0.2, 0.25) is 0 Å². The number of methoxy groups -OCH3 is 1. The van der Waals surface area contributed by atoms with Gasteiger partial charge >= 0.3 is 0 Å². The SMILES string of the molecule is CN=C(NCc1ccccc1CN1CCN(c2ccccc2)CC1)NC(C)COC.I. The maximum absolute atomic E-state index is 5.20. The van der Waals surface area contributed by atoms with Crippen LogP contribution in [0.3, 0.4) is 0 Å². The van der Waals surface area contributed by atoms with Crippen LogP contribution in [-0.4, -0.2) is 63.8 Å². The molecule has 0 saturated carbocycles. The van der Waals surface area contributed by atoms with Gasteiger partial charge in [-0.25, -0.2) is 0 Å². The number of guanidine groups is 1. The molecule has 170 valence electrons. The average molecular weight is 537 g/mol. The Morgan fingerprint density at radius 1 is 1.00 bits per heavy atom. The van der Waals surface area contributed by atoms with Crippen molar-refractivity contribution in [2.24, 2.45) is 4.99 Å². The van der Waals surface area contributed by atoms with Crippen LogP contribution in [0.1, 0.15) is 18.1 Å². The second-order valence-electron chi connectivity index (χ2n) is 7.79. The number of ether oxygens (including phenoxy) is 1. The maximum atomic E-state index is 5.20. The molecule has 1 aliphatic rings. The summed E-state index contributed by atoms with van der Waals surface area (Å²) in [6.45, 7) is 8.75. The van der Waals surface area contributed by atoms with Crippen molar-refractivity contribution in [1.29, 1.82) is 0 Å². The molecule has 1 heterocycles. The number of aliphatic imine (C=N–C) groups is 1. The zero-order chi connectivity index (χ0) is 21.2. The minimum absolute atomic E-state index is 0. The second-order valence-corrected chi connectivity index (χ2v) is 7.79. The lowest BCUT2D eigenvalue weighted by Gasteiger charge is -2.36. The highest BCUT2D eigenvalue weighted by Gasteiger charge is 2.18. The number of nitrogens with one attached hydrogen (secondary N) is 2. The van der Waals surface area contributed by atoms with Gasteiger partial charge in [0.1, 0.15) is 0 Å². The van der Waals surface area contributed by atoms with E-state index in [0.29, 0.717) is 6.61 Å². The van der Waals surface area contributed by atoms with E-state index in [4.69, 9.17) is 4.74 Å². The number of hydrogen-bond acceptors (Lipinski definition) is 4. The van der Waals surface area contributed by atoms with Crippen LogP contribution in [0.5, 0.6) is 0 Å². The first-order valence-corrected chi connectivity index (χ1v) is 10.7. The van der Waals surface area contributed by atoms with Crippen molar-refractivity contribution in [2.45, 2.75) is 26.1 Å². The van der Waals surface area contributed by atoms with Crippen molar-refractivity contribution in [3.63, 3.8) is 0 Å². The lowest BCUT2D eigenvalue weighted by molar-refractivity contribution is 0.179. The van der Waals surface area contributed by atoms with Crippen molar-refractivity contribution < 1.29 is 4.74 Å². The van der Waals surface area contributed by atoms with Crippen LogP contribution in [0.15, 0.2) is 59.6 Å². The van der Waals surface area contributed by atoms with Gasteiger partial charge < -0.3 is 20.3 Å². The maximum Gasteiger partial charge on any atom is 0.191 e. The van der Waals surface area contributed by atoms with E-state index in [1.807, 2.05) is 0 Å². The Balaban J connectivity index is 0.00000341. The molecule has 3 rings (SSSR count). The zero-order valence-electron chi connectivity index (χ0n) is 18.9. The molecule has 1 unspecified atom stereocenters. The van der Waals surface area contributed by atoms with E-state index >= 15 is 0 Å². The molecule has 0 radical (unpaired) electrons. The molecule has 1 aliphatic heterocycles. The van der Waals surface area contributed by atoms with Gasteiger partial charge in [0.2, 0.25) is 0 Å². The quantitative estimate of drug-likeness (QED) is 0.308. The largest absolute Gasteiger partial charge is 0.383 e. The number of nitrogens with zero attached hydrogens (tertiary/aromatic N) is 3. The summed E-state index contributed by atoms with van der Waals surface area (Å²) in [7, 11) is 3.51. The Hall–Kier alpha value is -1.84. The van der Waals surface area contributed by atoms with Crippen LogP contribution >= 0.6 is 24.0 Å². The third kappa shape index (κ3) is 7.97. The Labute approximate surface area is 204 Å². The molecule has 2 aromatic rings. The third-order valence-corrected chi connectivity index (χ3v) is 5.48. The monoisotopic (exact) mass is 537 g/mol. The fourth-order valence-electron chi connectivity index (χ4n) is 3.83. The molecule has 1 atom stereocenters. The fourth-order valence-corrected chi connectivity index (χ4v) is 3.83. The molecule has 0 bridgehead atoms. The number of benzene rings is 2. The zero-order valence-corrected chi connectivity index (χ0v) is 21.2. The van der Waals surface area contributed by atoms with E-state index in [-0.39, 0.29) is 30.0 Å². The van der Waals surface area contributed by atoms with E-state index in [1.54, 1.807) is 14.2 Å². The number of anilines is 1. The molecule has 1 fully saturated rings. The molecular weight excluding hydrogens is 501 g/mol. The number of hydrogen-bond donors (Lipinski definition) is 2. The number of para-hydroxylation sites is 1. The molecule has 0 aliphatic carbocycles. The van der Waals surface area contributed by atoms with Gasteiger partial charge in [-0.2, -0.15) is 0 Å². The topological polar surface area (TPSA) is 52.1 Å². The van der Waals surface area contributed by atoms with E-state index in [0.717, 1.165) is 45.2 Å². The van der Waals surface area contributed by atoms with Crippen LogP contribution in [0.25, 0.3) is 0 Å². The van der Waals surface area contributed by atoms with Gasteiger partial charge in [-0.3, -0.25) is 9.89 Å². The summed E-state index contributed by atoms with van der Waals surface area (Å²) in [5.74, 6) is 0.797. The summed E-state index contributed by atoms with van der Waals surface area (Å²) in [6.07, 6.45) is 0. The van der Waals surface area contributed by atoms with E-state index < -0.39 is 0 Å². The molecule has 0 aromatic heterocycles. The number of piperazine rings is 1. The molecule has 7 heteroatoms. The van der Waals surface area contributed by atoms with Gasteiger partial charge in [0.15, 0.2) is 5.96 Å². The number of rotatable bonds is 8. The van der Waals surface area contributed by atoms with Crippen molar-refractivity contribution in [1.82, 2.24) is 15.5 Å². The highest BCUT2D eigenvalue weighted by molar-refractivity contribution is 14.0. The van der Waals surface area contributed by atoms with Gasteiger partial charge in [0.05, 0.1) is 6.61 Å². The summed E-state index contributed by atoms with van der Waals surface area (Å²) in [6, 6.07) is 19.6. The highest BCUT2D eigenvalue weighted by atomic mass is 127. The molecule has 0 amide bonds. The molecule has 2 N–H and O–H groups in total. The molecular formula is C24H36IN5O. The van der Waals surface area contributed by atoms with Crippen molar-refractivity contribution in [3.8, 4) is 0 Å². The van der Waals surface area contributed by atoms with Crippen LogP contribution in [0.4, 0.5) is 5.69 Å². The predicted octanol–water partition coefficient (Wildman–Crippen LogP) is 3.33. The predicted molar refractivity (Wildman–Crippen MR) is 140 cm³/mol. The number of halogens is 1. The molecule has 6 nitrogen and oxygen atoms in total. The van der Waals surface area contributed by atoms with Crippen molar-refractivity contribution >= 4 is 35.6 Å². The summed E-state index contributed by atoms with van der Waals surface area (Å²) >= 11 is 0. The lowest BCUT2D eigenvalue weighted by atomic mass is 10.1. The smallest absolute Gasteiger partial charge is 0.191 e. The summed E-state index contributed by atoms with van der Waals surface area (Å²) in [4.78, 5) is 9.35. The third-order valence-electron chi connectivity index (χ3n) is 5.48. The first-order chi connectivity index (χ1) is 14.7. The Kier molecular flexibility index (Phi) is 11.1. The van der Waals surface area contributed by atoms with Gasteiger partial charge in [0.25, 0.3) is 0 Å². The first-order valence-electron chi connectivity index (χ1n) is 10.7. The second kappa shape index (κ2) is 13.5. The van der Waals surface area contributed by atoms with E-state index in [2.05, 4.69) is 86.9 Å². The van der Waals surface area contributed by atoms with Crippen LogP contribution in [0, 0.1) is 0 Å². The Morgan fingerprint density at radius 2 is 1.65 bits per heavy atom. The molecule has 0 spiro atoms. The van der Waals surface area contributed by atoms with E-state index in [1.165, 1.54) is 16.8 Å². The molecule has 1 saturated heterocycles. The normalized spacial score (nSPS) is 15.8. The minimum Gasteiger partial charge on any atom is -0.383 e. The summed E-state index contributed by atoms with van der Waals surface area (Å²) in [5.41, 5.74) is 4.01. The van der Waals surface area contributed by atoms with Crippen LogP contribution in [-0.2, 0) is 17.8 Å². The van der Waals surface area contributed by atoms with Crippen molar-refractivity contribution in [3.05, 3.63) is 65.7 Å². The van der Waals surface area contributed by atoms with Gasteiger partial charge in [-0.05, 0) is 30.2 Å². The van der Waals surface area contributed by atoms with Crippen molar-refractivity contribution in [2.75, 3.05) is 51.8 Å². The first kappa shape index (κ1) is 25.4. The standard InChI is InChI=1S/C24H35N5O.HI/c1-20(19-30-3)27-24(25-2)26-17-21-9-7-8-10-22(21)18-28-13-15-29(16-14-28)23-11-5-4-6-12-23;/h4-12,20H,13-19H2,1-3H3,(H2,25,26,27);1H. The molecule has 2 aromatic carbocycles. The lowest BCUT2D eigenvalue weighted by Crippen LogP contribution is -2.46. The van der Waals surface area contributed by atoms with Gasteiger partial charge in [-0.15, -0.1) is 24.0 Å².